The molecule has 0 spiro atoms. The third-order valence-corrected chi connectivity index (χ3v) is 4.82. The van der Waals surface area contributed by atoms with Crippen molar-refractivity contribution in [1.82, 2.24) is 10.3 Å². The van der Waals surface area contributed by atoms with Gasteiger partial charge in [0.15, 0.2) is 11.5 Å². The van der Waals surface area contributed by atoms with Crippen LogP contribution in [0.1, 0.15) is 21.6 Å². The van der Waals surface area contributed by atoms with E-state index in [2.05, 4.69) is 15.6 Å². The Kier molecular flexibility index (Phi) is 6.80. The van der Waals surface area contributed by atoms with Gasteiger partial charge in [-0.3, -0.25) is 9.59 Å². The van der Waals surface area contributed by atoms with Gasteiger partial charge in [-0.1, -0.05) is 18.2 Å². The van der Waals surface area contributed by atoms with E-state index in [0.717, 1.165) is 11.3 Å². The van der Waals surface area contributed by atoms with Gasteiger partial charge >= 0.3 is 0 Å². The summed E-state index contributed by atoms with van der Waals surface area (Å²) in [7, 11) is 3.10. The van der Waals surface area contributed by atoms with Crippen LogP contribution in [0.4, 0.5) is 5.69 Å². The van der Waals surface area contributed by atoms with Crippen LogP contribution in [0.25, 0.3) is 0 Å². The molecule has 2 N–H and O–H groups in total. The zero-order chi connectivity index (χ0) is 20.6. The molecule has 3 rings (SSSR count). The molecule has 0 atom stereocenters. The van der Waals surface area contributed by atoms with Crippen molar-refractivity contribution < 1.29 is 19.1 Å². The van der Waals surface area contributed by atoms with Gasteiger partial charge in [-0.05, 0) is 29.8 Å². The molecule has 0 saturated carbocycles. The molecule has 0 saturated heterocycles. The van der Waals surface area contributed by atoms with Crippen molar-refractivity contribution in [1.29, 1.82) is 0 Å². The van der Waals surface area contributed by atoms with Crippen molar-refractivity contribution in [2.75, 3.05) is 19.5 Å². The molecular formula is C21H21N3O4S. The van der Waals surface area contributed by atoms with E-state index in [-0.39, 0.29) is 18.2 Å². The highest BCUT2D eigenvalue weighted by atomic mass is 32.1. The molecular weight excluding hydrogens is 390 g/mol. The van der Waals surface area contributed by atoms with E-state index in [9.17, 15) is 9.59 Å². The minimum Gasteiger partial charge on any atom is -0.493 e. The van der Waals surface area contributed by atoms with Crippen molar-refractivity contribution >= 4 is 28.8 Å². The number of anilines is 1. The molecule has 1 aromatic heterocycles. The van der Waals surface area contributed by atoms with Gasteiger partial charge in [-0.25, -0.2) is 4.98 Å². The van der Waals surface area contributed by atoms with Crippen molar-refractivity contribution in [2.45, 2.75) is 13.0 Å². The van der Waals surface area contributed by atoms with Crippen molar-refractivity contribution in [2.24, 2.45) is 0 Å². The Labute approximate surface area is 172 Å². The maximum atomic E-state index is 12.7. The summed E-state index contributed by atoms with van der Waals surface area (Å²) in [6.45, 7) is 0.318. The summed E-state index contributed by atoms with van der Waals surface area (Å²) in [5.74, 6) is 0.539. The first-order valence-electron chi connectivity index (χ1n) is 8.88. The van der Waals surface area contributed by atoms with Crippen LogP contribution in [0, 0.1) is 0 Å². The number of para-hydroxylation sites is 1. The van der Waals surface area contributed by atoms with Gasteiger partial charge in [-0.15, -0.1) is 11.3 Å². The van der Waals surface area contributed by atoms with Crippen LogP contribution in [-0.2, 0) is 17.8 Å². The number of hydrogen-bond acceptors (Lipinski definition) is 6. The van der Waals surface area contributed by atoms with Crippen LogP contribution in [-0.4, -0.2) is 31.0 Å². The molecule has 0 fully saturated rings. The second-order valence-corrected chi connectivity index (χ2v) is 6.81. The molecule has 2 aromatic carbocycles. The van der Waals surface area contributed by atoms with Crippen LogP contribution in [0.3, 0.4) is 0 Å². The Bertz CT molecular complexity index is 989. The third kappa shape index (κ3) is 5.32. The predicted molar refractivity (Wildman–Crippen MR) is 112 cm³/mol. The van der Waals surface area contributed by atoms with Crippen LogP contribution in [0.15, 0.2) is 53.4 Å². The SMILES string of the molecule is CNC(=O)Cc1ccccc1NC(=O)c1ccc(OCc2cscn2)c(OC)c1. The number of rotatable bonds is 8. The monoisotopic (exact) mass is 411 g/mol. The Morgan fingerprint density at radius 1 is 1.14 bits per heavy atom. The number of hydrogen-bond donors (Lipinski definition) is 2. The zero-order valence-electron chi connectivity index (χ0n) is 16.1. The topological polar surface area (TPSA) is 89.6 Å². The van der Waals surface area contributed by atoms with E-state index >= 15 is 0 Å². The number of carbonyl (C=O) groups excluding carboxylic acids is 2. The lowest BCUT2D eigenvalue weighted by atomic mass is 10.1. The summed E-state index contributed by atoms with van der Waals surface area (Å²) >= 11 is 1.50. The number of aromatic nitrogens is 1. The minimum atomic E-state index is -0.307. The van der Waals surface area contributed by atoms with Crippen LogP contribution >= 0.6 is 11.3 Å². The third-order valence-electron chi connectivity index (χ3n) is 4.18. The average Bonchev–Trinajstić information content (AvgIpc) is 3.27. The lowest BCUT2D eigenvalue weighted by molar-refractivity contribution is -0.119. The Morgan fingerprint density at radius 3 is 2.69 bits per heavy atom. The summed E-state index contributed by atoms with van der Waals surface area (Å²) < 4.78 is 11.1. The first kappa shape index (κ1) is 20.3. The molecule has 150 valence electrons. The molecule has 0 radical (unpaired) electrons. The van der Waals surface area contributed by atoms with Crippen LogP contribution in [0.2, 0.25) is 0 Å². The molecule has 3 aromatic rings. The number of ether oxygens (including phenoxy) is 2. The number of amides is 2. The molecule has 2 amide bonds. The fourth-order valence-electron chi connectivity index (χ4n) is 2.64. The second kappa shape index (κ2) is 9.70. The molecule has 0 unspecified atom stereocenters. The fourth-order valence-corrected chi connectivity index (χ4v) is 3.18. The van der Waals surface area contributed by atoms with Gasteiger partial charge in [0.2, 0.25) is 5.91 Å². The van der Waals surface area contributed by atoms with Gasteiger partial charge in [0.1, 0.15) is 6.61 Å². The average molecular weight is 411 g/mol. The van der Waals surface area contributed by atoms with Crippen LogP contribution in [0.5, 0.6) is 11.5 Å². The maximum Gasteiger partial charge on any atom is 0.255 e. The van der Waals surface area contributed by atoms with Crippen molar-refractivity contribution in [3.05, 3.63) is 70.2 Å². The van der Waals surface area contributed by atoms with Gasteiger partial charge in [0, 0.05) is 23.7 Å². The van der Waals surface area contributed by atoms with E-state index in [0.29, 0.717) is 29.4 Å². The smallest absolute Gasteiger partial charge is 0.255 e. The van der Waals surface area contributed by atoms with E-state index < -0.39 is 0 Å². The number of nitrogens with one attached hydrogen (secondary N) is 2. The molecule has 0 aliphatic rings. The van der Waals surface area contributed by atoms with Crippen molar-refractivity contribution in [3.8, 4) is 11.5 Å². The number of likely N-dealkylation sites (N-methyl/N-ethyl adjacent to an activating group) is 1. The highest BCUT2D eigenvalue weighted by Crippen LogP contribution is 2.29. The summed E-state index contributed by atoms with van der Waals surface area (Å²) in [4.78, 5) is 28.6. The Hall–Kier alpha value is -3.39. The lowest BCUT2D eigenvalue weighted by Crippen LogP contribution is -2.21. The van der Waals surface area contributed by atoms with Gasteiger partial charge < -0.3 is 20.1 Å². The lowest BCUT2D eigenvalue weighted by Gasteiger charge is -2.13. The number of nitrogens with zero attached hydrogens (tertiary/aromatic N) is 1. The largest absolute Gasteiger partial charge is 0.493 e. The van der Waals surface area contributed by atoms with Crippen LogP contribution < -0.4 is 20.1 Å². The minimum absolute atomic E-state index is 0.130. The summed E-state index contributed by atoms with van der Waals surface area (Å²) in [6.07, 6.45) is 0.180. The van der Waals surface area contributed by atoms with Crippen molar-refractivity contribution in [3.63, 3.8) is 0 Å². The highest BCUT2D eigenvalue weighted by Gasteiger charge is 2.14. The normalized spacial score (nSPS) is 10.3. The Morgan fingerprint density at radius 2 is 1.97 bits per heavy atom. The first-order chi connectivity index (χ1) is 14.1. The molecule has 0 aliphatic heterocycles. The predicted octanol–water partition coefficient (Wildman–Crippen LogP) is 3.27. The number of methoxy groups -OCH3 is 1. The fraction of sp³-hybridized carbons (Fsp3) is 0.190. The molecule has 7 nitrogen and oxygen atoms in total. The Balaban J connectivity index is 1.73. The molecule has 1 heterocycles. The standard InChI is InChI=1S/C21H21N3O4S/c1-22-20(25)10-14-5-3-4-6-17(14)24-21(26)15-7-8-18(19(9-15)27-2)28-11-16-12-29-13-23-16/h3-9,12-13H,10-11H2,1-2H3,(H,22,25)(H,24,26). The number of carbonyl (C=O) groups is 2. The van der Waals surface area contributed by atoms with E-state index in [1.54, 1.807) is 49.0 Å². The molecule has 0 bridgehead atoms. The highest BCUT2D eigenvalue weighted by molar-refractivity contribution is 7.07. The second-order valence-electron chi connectivity index (χ2n) is 6.10. The molecule has 0 aliphatic carbocycles. The van der Waals surface area contributed by atoms with E-state index in [4.69, 9.17) is 9.47 Å². The summed E-state index contributed by atoms with van der Waals surface area (Å²) in [5.41, 5.74) is 4.30. The van der Waals surface area contributed by atoms with Gasteiger partial charge in [0.25, 0.3) is 5.91 Å². The van der Waals surface area contributed by atoms with Gasteiger partial charge in [-0.2, -0.15) is 0 Å². The maximum absolute atomic E-state index is 12.7. The van der Waals surface area contributed by atoms with E-state index in [1.165, 1.54) is 18.4 Å². The molecule has 8 heteroatoms. The summed E-state index contributed by atoms with van der Waals surface area (Å²) in [6, 6.07) is 12.2. The number of benzene rings is 2. The quantitative estimate of drug-likeness (QED) is 0.594. The zero-order valence-corrected chi connectivity index (χ0v) is 16.9. The van der Waals surface area contributed by atoms with E-state index in [1.807, 2.05) is 11.4 Å². The van der Waals surface area contributed by atoms with Gasteiger partial charge in [0.05, 0.1) is 24.7 Å². The number of thiazole rings is 1. The first-order valence-corrected chi connectivity index (χ1v) is 9.82. The summed E-state index contributed by atoms with van der Waals surface area (Å²) in [5, 5.41) is 7.35. The molecule has 29 heavy (non-hydrogen) atoms.